The number of hydrogen-bond acceptors (Lipinski definition) is 5. The number of aromatic nitrogens is 2. The van der Waals surface area contributed by atoms with Gasteiger partial charge in [0.1, 0.15) is 5.75 Å². The van der Waals surface area contributed by atoms with Crippen molar-refractivity contribution in [1.29, 1.82) is 0 Å². The van der Waals surface area contributed by atoms with Gasteiger partial charge in [-0.15, -0.1) is 0 Å². The molecule has 0 spiro atoms. The number of hydrogen-bond donors (Lipinski definition) is 0. The van der Waals surface area contributed by atoms with E-state index >= 15 is 0 Å². The van der Waals surface area contributed by atoms with Gasteiger partial charge in [-0.1, -0.05) is 12.1 Å². The van der Waals surface area contributed by atoms with Gasteiger partial charge in [-0.25, -0.2) is 4.98 Å². The fourth-order valence-corrected chi connectivity index (χ4v) is 2.66. The SMILES string of the molecule is COc1ccc(/C(=C\n2ccnc2)C(=O)c2ccc(OC)c(OC)c2)cc1. The number of rotatable bonds is 7. The van der Waals surface area contributed by atoms with Crippen molar-refractivity contribution in [2.45, 2.75) is 0 Å². The summed E-state index contributed by atoms with van der Waals surface area (Å²) >= 11 is 0. The molecule has 0 aliphatic heterocycles. The summed E-state index contributed by atoms with van der Waals surface area (Å²) in [5.74, 6) is 1.65. The van der Waals surface area contributed by atoms with Gasteiger partial charge in [0.05, 0.1) is 27.7 Å². The predicted molar refractivity (Wildman–Crippen MR) is 103 cm³/mol. The van der Waals surface area contributed by atoms with Crippen molar-refractivity contribution in [2.24, 2.45) is 0 Å². The number of ether oxygens (including phenoxy) is 3. The molecule has 3 aromatic rings. The molecule has 27 heavy (non-hydrogen) atoms. The van der Waals surface area contributed by atoms with Crippen molar-refractivity contribution in [3.63, 3.8) is 0 Å². The van der Waals surface area contributed by atoms with Gasteiger partial charge < -0.3 is 18.8 Å². The molecule has 0 bridgehead atoms. The number of methoxy groups -OCH3 is 3. The molecule has 0 aliphatic rings. The van der Waals surface area contributed by atoms with Crippen LogP contribution in [0.5, 0.6) is 17.2 Å². The highest BCUT2D eigenvalue weighted by Crippen LogP contribution is 2.30. The Labute approximate surface area is 157 Å². The van der Waals surface area contributed by atoms with Crippen LogP contribution in [0, 0.1) is 0 Å². The van der Waals surface area contributed by atoms with Gasteiger partial charge in [0.25, 0.3) is 0 Å². The van der Waals surface area contributed by atoms with Gasteiger partial charge in [0.15, 0.2) is 17.3 Å². The highest BCUT2D eigenvalue weighted by molar-refractivity contribution is 6.31. The summed E-state index contributed by atoms with van der Waals surface area (Å²) in [6.45, 7) is 0. The summed E-state index contributed by atoms with van der Waals surface area (Å²) in [7, 11) is 4.70. The molecule has 6 heteroatoms. The third-order valence-electron chi connectivity index (χ3n) is 4.09. The minimum absolute atomic E-state index is 0.144. The summed E-state index contributed by atoms with van der Waals surface area (Å²) in [6, 6.07) is 12.4. The van der Waals surface area contributed by atoms with Crippen molar-refractivity contribution >= 4 is 17.6 Å². The van der Waals surface area contributed by atoms with E-state index in [1.807, 2.05) is 24.3 Å². The summed E-state index contributed by atoms with van der Waals surface area (Å²) in [6.07, 6.45) is 6.80. The first-order chi connectivity index (χ1) is 13.2. The molecular weight excluding hydrogens is 344 g/mol. The summed E-state index contributed by atoms with van der Waals surface area (Å²) < 4.78 is 17.5. The van der Waals surface area contributed by atoms with Crippen LogP contribution in [0.15, 0.2) is 61.2 Å². The number of imidazole rings is 1. The van der Waals surface area contributed by atoms with Crippen molar-refractivity contribution in [3.05, 3.63) is 72.3 Å². The second kappa shape index (κ2) is 8.23. The van der Waals surface area contributed by atoms with Crippen LogP contribution in [0.25, 0.3) is 11.8 Å². The van der Waals surface area contributed by atoms with Gasteiger partial charge >= 0.3 is 0 Å². The van der Waals surface area contributed by atoms with Gasteiger partial charge in [-0.3, -0.25) is 4.79 Å². The Kier molecular flexibility index (Phi) is 5.56. The van der Waals surface area contributed by atoms with Crippen molar-refractivity contribution in [1.82, 2.24) is 9.55 Å². The molecule has 0 saturated heterocycles. The lowest BCUT2D eigenvalue weighted by molar-refractivity contribution is 0.105. The number of carbonyl (C=O) groups excluding carboxylic acids is 1. The second-order valence-electron chi connectivity index (χ2n) is 5.68. The molecule has 0 N–H and O–H groups in total. The molecule has 0 amide bonds. The normalized spacial score (nSPS) is 11.1. The van der Waals surface area contributed by atoms with Crippen molar-refractivity contribution in [2.75, 3.05) is 21.3 Å². The third kappa shape index (κ3) is 4.00. The molecule has 1 aromatic heterocycles. The first-order valence-electron chi connectivity index (χ1n) is 8.26. The maximum absolute atomic E-state index is 13.3. The van der Waals surface area contributed by atoms with E-state index in [1.54, 1.807) is 61.9 Å². The molecule has 0 saturated carbocycles. The molecule has 0 radical (unpaired) electrons. The topological polar surface area (TPSA) is 62.6 Å². The number of allylic oxidation sites excluding steroid dienone is 1. The van der Waals surface area contributed by atoms with E-state index in [9.17, 15) is 4.79 Å². The van der Waals surface area contributed by atoms with Crippen LogP contribution in [0.1, 0.15) is 15.9 Å². The molecule has 1 heterocycles. The Morgan fingerprint density at radius 1 is 0.926 bits per heavy atom. The van der Waals surface area contributed by atoms with E-state index in [4.69, 9.17) is 14.2 Å². The third-order valence-corrected chi connectivity index (χ3v) is 4.09. The summed E-state index contributed by atoms with van der Waals surface area (Å²) in [5, 5.41) is 0. The molecule has 0 unspecified atom stereocenters. The Morgan fingerprint density at radius 2 is 1.63 bits per heavy atom. The minimum Gasteiger partial charge on any atom is -0.497 e. The Hall–Kier alpha value is -3.54. The zero-order valence-electron chi connectivity index (χ0n) is 15.4. The maximum atomic E-state index is 13.3. The number of benzene rings is 2. The fourth-order valence-electron chi connectivity index (χ4n) is 2.66. The molecule has 138 valence electrons. The van der Waals surface area contributed by atoms with Crippen LogP contribution in [0.2, 0.25) is 0 Å². The first kappa shape index (κ1) is 18.3. The Morgan fingerprint density at radius 3 is 2.22 bits per heavy atom. The van der Waals surface area contributed by atoms with E-state index in [0.717, 1.165) is 11.3 Å². The van der Waals surface area contributed by atoms with E-state index in [2.05, 4.69) is 4.98 Å². The van der Waals surface area contributed by atoms with Crippen LogP contribution < -0.4 is 14.2 Å². The molecule has 2 aromatic carbocycles. The summed E-state index contributed by atoms with van der Waals surface area (Å²) in [4.78, 5) is 17.3. The first-order valence-corrected chi connectivity index (χ1v) is 8.26. The minimum atomic E-state index is -0.144. The van der Waals surface area contributed by atoms with E-state index in [1.165, 1.54) is 7.11 Å². The average Bonchev–Trinajstić information content (AvgIpc) is 3.24. The number of carbonyl (C=O) groups is 1. The fraction of sp³-hybridized carbons (Fsp3) is 0.143. The van der Waals surface area contributed by atoms with Crippen LogP contribution in [0.3, 0.4) is 0 Å². The molecule has 0 fully saturated rings. The molecule has 3 rings (SSSR count). The smallest absolute Gasteiger partial charge is 0.195 e. The number of Topliss-reactive ketones (excluding diaryl/α,β-unsaturated/α-hetero) is 1. The Balaban J connectivity index is 2.06. The van der Waals surface area contributed by atoms with Gasteiger partial charge in [-0.05, 0) is 35.9 Å². The van der Waals surface area contributed by atoms with Crippen LogP contribution >= 0.6 is 0 Å². The molecule has 0 aliphatic carbocycles. The van der Waals surface area contributed by atoms with Crippen LogP contribution in [-0.4, -0.2) is 36.7 Å². The second-order valence-corrected chi connectivity index (χ2v) is 5.68. The van der Waals surface area contributed by atoms with Crippen molar-refractivity contribution in [3.8, 4) is 17.2 Å². The molecule has 6 nitrogen and oxygen atoms in total. The maximum Gasteiger partial charge on any atom is 0.195 e. The zero-order chi connectivity index (χ0) is 19.2. The quantitative estimate of drug-likeness (QED) is 0.471. The Bertz CT molecular complexity index is 945. The average molecular weight is 364 g/mol. The highest BCUT2D eigenvalue weighted by atomic mass is 16.5. The van der Waals surface area contributed by atoms with E-state index < -0.39 is 0 Å². The van der Waals surface area contributed by atoms with Gasteiger partial charge in [0.2, 0.25) is 0 Å². The standard InChI is InChI=1S/C21H20N2O4/c1-25-17-7-4-15(5-8-17)18(13-23-11-10-22-14-23)21(24)16-6-9-19(26-2)20(12-16)27-3/h4-14H,1-3H3/b18-13+. The van der Waals surface area contributed by atoms with Gasteiger partial charge in [0, 0.05) is 29.7 Å². The lowest BCUT2D eigenvalue weighted by Gasteiger charge is -2.12. The predicted octanol–water partition coefficient (Wildman–Crippen LogP) is 3.79. The number of ketones is 1. The largest absolute Gasteiger partial charge is 0.497 e. The van der Waals surface area contributed by atoms with E-state index in [0.29, 0.717) is 22.6 Å². The summed E-state index contributed by atoms with van der Waals surface area (Å²) in [5.41, 5.74) is 1.78. The van der Waals surface area contributed by atoms with E-state index in [-0.39, 0.29) is 5.78 Å². The zero-order valence-corrected chi connectivity index (χ0v) is 15.4. The monoisotopic (exact) mass is 364 g/mol. The van der Waals surface area contributed by atoms with Gasteiger partial charge in [-0.2, -0.15) is 0 Å². The van der Waals surface area contributed by atoms with Crippen molar-refractivity contribution < 1.29 is 19.0 Å². The highest BCUT2D eigenvalue weighted by Gasteiger charge is 2.17. The van der Waals surface area contributed by atoms with Crippen LogP contribution in [0.4, 0.5) is 0 Å². The lowest BCUT2D eigenvalue weighted by Crippen LogP contribution is -2.05. The van der Waals surface area contributed by atoms with Crippen LogP contribution in [-0.2, 0) is 0 Å². The number of nitrogens with zero attached hydrogens (tertiary/aromatic N) is 2. The lowest BCUT2D eigenvalue weighted by atomic mass is 9.97. The molecular formula is C21H20N2O4. The molecule has 0 atom stereocenters.